The average Bonchev–Trinajstić information content (AvgIpc) is 2.87. The van der Waals surface area contributed by atoms with Gasteiger partial charge in [-0.2, -0.15) is 0 Å². The number of carbonyl (C=O) groups is 2. The molecular weight excluding hydrogens is 276 g/mol. The number of carboxylic acids is 2. The van der Waals surface area contributed by atoms with Crippen molar-refractivity contribution >= 4 is 22.8 Å². The van der Waals surface area contributed by atoms with Gasteiger partial charge in [0.05, 0.1) is 0 Å². The molecule has 0 spiro atoms. The first kappa shape index (κ1) is 16.4. The molecule has 0 saturated heterocycles. The molecule has 0 unspecified atom stereocenters. The summed E-state index contributed by atoms with van der Waals surface area (Å²) in [6, 6.07) is 8.16. The van der Waals surface area contributed by atoms with E-state index in [9.17, 15) is 9.59 Å². The molecule has 0 aliphatic carbocycles. The molecule has 0 atom stereocenters. The lowest BCUT2D eigenvalue weighted by Crippen LogP contribution is -2.10. The van der Waals surface area contributed by atoms with Crippen molar-refractivity contribution in [2.45, 2.75) is 6.42 Å². The Balaban J connectivity index is 0.000000240. The summed E-state index contributed by atoms with van der Waals surface area (Å²) in [5, 5.41) is 25.3. The number of aromatic nitrogens is 1. The highest BCUT2D eigenvalue weighted by molar-refractivity contribution is 5.89. The number of H-pyrrole nitrogens is 1. The third-order valence-corrected chi connectivity index (χ3v) is 2.55. The normalized spacial score (nSPS) is 10.3. The van der Waals surface area contributed by atoms with Gasteiger partial charge in [0.15, 0.2) is 0 Å². The van der Waals surface area contributed by atoms with Gasteiger partial charge in [0.25, 0.3) is 0 Å². The fourth-order valence-corrected chi connectivity index (χ4v) is 1.67. The molecule has 0 radical (unpaired) electrons. The Kier molecular flexibility index (Phi) is 6.66. The van der Waals surface area contributed by atoms with E-state index in [-0.39, 0.29) is 0 Å². The van der Waals surface area contributed by atoms with Crippen LogP contribution in [0.15, 0.2) is 42.6 Å². The van der Waals surface area contributed by atoms with Crippen LogP contribution in [0.2, 0.25) is 0 Å². The second-order valence-corrected chi connectivity index (χ2v) is 4.03. The van der Waals surface area contributed by atoms with E-state index in [1.807, 2.05) is 24.4 Å². The van der Waals surface area contributed by atoms with Crippen molar-refractivity contribution < 1.29 is 25.0 Å². The molecule has 1 aromatic carbocycles. The van der Waals surface area contributed by atoms with Crippen LogP contribution < -0.4 is 5.48 Å². The quantitative estimate of drug-likeness (QED) is 0.419. The summed E-state index contributed by atoms with van der Waals surface area (Å²) in [6.07, 6.45) is 3.94. The number of fused-ring (bicyclic) bond motifs is 1. The Labute approximate surface area is 120 Å². The first-order valence-electron chi connectivity index (χ1n) is 6.10. The van der Waals surface area contributed by atoms with Crippen molar-refractivity contribution in [2.75, 3.05) is 6.54 Å². The van der Waals surface area contributed by atoms with Gasteiger partial charge in [-0.25, -0.2) is 15.1 Å². The number of carboxylic acid groups (broad SMARTS) is 2. The highest BCUT2D eigenvalue weighted by Crippen LogP contribution is 2.17. The second-order valence-electron chi connectivity index (χ2n) is 4.03. The minimum absolute atomic E-state index is 0.558. The average molecular weight is 292 g/mol. The molecule has 1 aromatic heterocycles. The molecule has 0 aliphatic heterocycles. The molecule has 7 nitrogen and oxygen atoms in total. The van der Waals surface area contributed by atoms with Crippen molar-refractivity contribution in [3.8, 4) is 0 Å². The molecule has 0 amide bonds. The molecule has 0 aliphatic rings. The van der Waals surface area contributed by atoms with Crippen molar-refractivity contribution in [1.29, 1.82) is 0 Å². The lowest BCUT2D eigenvalue weighted by atomic mass is 10.1. The third-order valence-electron chi connectivity index (χ3n) is 2.55. The maximum absolute atomic E-state index is 9.55. The summed E-state index contributed by atoms with van der Waals surface area (Å²) in [4.78, 5) is 22.3. The number of nitrogens with one attached hydrogen (secondary N) is 2. The van der Waals surface area contributed by atoms with Crippen LogP contribution in [0.1, 0.15) is 5.56 Å². The molecule has 1 heterocycles. The first-order chi connectivity index (χ1) is 10.0. The molecule has 21 heavy (non-hydrogen) atoms. The van der Waals surface area contributed by atoms with E-state index in [2.05, 4.69) is 16.5 Å². The summed E-state index contributed by atoms with van der Waals surface area (Å²) in [5.41, 5.74) is 4.54. The summed E-state index contributed by atoms with van der Waals surface area (Å²) >= 11 is 0. The topological polar surface area (TPSA) is 123 Å². The first-order valence-corrected chi connectivity index (χ1v) is 6.10. The Morgan fingerprint density at radius 3 is 2.33 bits per heavy atom. The number of rotatable bonds is 5. The molecule has 0 bridgehead atoms. The van der Waals surface area contributed by atoms with Gasteiger partial charge in [-0.05, 0) is 18.1 Å². The zero-order valence-corrected chi connectivity index (χ0v) is 11.1. The lowest BCUT2D eigenvalue weighted by Gasteiger charge is -1.96. The number of aromatic amines is 1. The Hall–Kier alpha value is -2.64. The highest BCUT2D eigenvalue weighted by Gasteiger charge is 2.00. The molecule has 2 aromatic rings. The number of benzene rings is 1. The standard InChI is InChI=1S/C10H12N2O.C4H4O4/c13-12-6-5-8-7-11-10-4-2-1-3-9(8)10;5-3(6)1-2-4(7)8/h1-4,7,11-13H,5-6H2;1-2H,(H,5,6)(H,7,8). The summed E-state index contributed by atoms with van der Waals surface area (Å²) < 4.78 is 0. The molecule has 0 fully saturated rings. The van der Waals surface area contributed by atoms with E-state index in [4.69, 9.17) is 15.4 Å². The number of hydrogen-bond acceptors (Lipinski definition) is 4. The van der Waals surface area contributed by atoms with Crippen molar-refractivity contribution in [3.63, 3.8) is 0 Å². The predicted molar refractivity (Wildman–Crippen MR) is 76.2 cm³/mol. The van der Waals surface area contributed by atoms with Gasteiger partial charge >= 0.3 is 11.9 Å². The van der Waals surface area contributed by atoms with Crippen molar-refractivity contribution in [2.24, 2.45) is 0 Å². The van der Waals surface area contributed by atoms with Crippen LogP contribution in [0.4, 0.5) is 0 Å². The molecule has 0 saturated carbocycles. The number of para-hydroxylation sites is 1. The number of hydrogen-bond donors (Lipinski definition) is 5. The Morgan fingerprint density at radius 2 is 1.76 bits per heavy atom. The number of hydroxylamine groups is 1. The van der Waals surface area contributed by atoms with E-state index in [0.29, 0.717) is 18.7 Å². The van der Waals surface area contributed by atoms with Gasteiger partial charge < -0.3 is 20.4 Å². The van der Waals surface area contributed by atoms with Gasteiger partial charge in [0.2, 0.25) is 0 Å². The smallest absolute Gasteiger partial charge is 0.328 e. The fourth-order valence-electron chi connectivity index (χ4n) is 1.67. The van der Waals surface area contributed by atoms with Gasteiger partial charge in [-0.15, -0.1) is 0 Å². The lowest BCUT2D eigenvalue weighted by molar-refractivity contribution is -0.134. The maximum atomic E-state index is 9.55. The molecule has 2 rings (SSSR count). The fraction of sp³-hybridized carbons (Fsp3) is 0.143. The Morgan fingerprint density at radius 1 is 1.14 bits per heavy atom. The van der Waals surface area contributed by atoms with Crippen LogP contribution in [0.5, 0.6) is 0 Å². The molecule has 112 valence electrons. The minimum Gasteiger partial charge on any atom is -0.478 e. The monoisotopic (exact) mass is 292 g/mol. The van der Waals surface area contributed by atoms with Crippen LogP contribution in [0, 0.1) is 0 Å². The van der Waals surface area contributed by atoms with E-state index >= 15 is 0 Å². The van der Waals surface area contributed by atoms with Crippen LogP contribution in [0.25, 0.3) is 10.9 Å². The number of aliphatic carboxylic acids is 2. The van der Waals surface area contributed by atoms with Crippen LogP contribution in [-0.2, 0) is 16.0 Å². The van der Waals surface area contributed by atoms with Gasteiger partial charge in [0, 0.05) is 35.8 Å². The second kappa shape index (κ2) is 8.51. The van der Waals surface area contributed by atoms with Crippen LogP contribution in [-0.4, -0.2) is 38.9 Å². The molecule has 7 heteroatoms. The van der Waals surface area contributed by atoms with Crippen molar-refractivity contribution in [1.82, 2.24) is 10.5 Å². The molecule has 5 N–H and O–H groups in total. The highest BCUT2D eigenvalue weighted by atomic mass is 16.5. The summed E-state index contributed by atoms with van der Waals surface area (Å²) in [7, 11) is 0. The SMILES string of the molecule is O=C(O)C=CC(=O)O.ONCCc1c[nH]c2ccccc12. The van der Waals surface area contributed by atoms with Gasteiger partial charge in [-0.1, -0.05) is 18.2 Å². The van der Waals surface area contributed by atoms with E-state index in [0.717, 1.165) is 11.9 Å². The van der Waals surface area contributed by atoms with Gasteiger partial charge in [0.1, 0.15) is 0 Å². The van der Waals surface area contributed by atoms with Gasteiger partial charge in [-0.3, -0.25) is 0 Å². The zero-order chi connectivity index (χ0) is 15.7. The van der Waals surface area contributed by atoms with Crippen LogP contribution in [0.3, 0.4) is 0 Å². The summed E-state index contributed by atoms with van der Waals surface area (Å²) in [5.74, 6) is -2.51. The summed E-state index contributed by atoms with van der Waals surface area (Å²) in [6.45, 7) is 0.585. The van der Waals surface area contributed by atoms with Crippen molar-refractivity contribution in [3.05, 3.63) is 48.2 Å². The predicted octanol–water partition coefficient (Wildman–Crippen LogP) is 1.40. The van der Waals surface area contributed by atoms with E-state index in [1.54, 1.807) is 0 Å². The van der Waals surface area contributed by atoms with E-state index in [1.165, 1.54) is 10.9 Å². The maximum Gasteiger partial charge on any atom is 0.328 e. The molecular formula is C14H16N2O5. The largest absolute Gasteiger partial charge is 0.478 e. The zero-order valence-electron chi connectivity index (χ0n) is 11.1. The minimum atomic E-state index is -1.26. The Bertz CT molecular complexity index is 617. The van der Waals surface area contributed by atoms with E-state index < -0.39 is 11.9 Å². The third kappa shape index (κ3) is 5.89. The van der Waals surface area contributed by atoms with Crippen LogP contribution >= 0.6 is 0 Å².